The number of carbonyl (C=O) groups is 1. The van der Waals surface area contributed by atoms with Crippen LogP contribution in [-0.4, -0.2) is 24.1 Å². The Morgan fingerprint density at radius 3 is 2.40 bits per heavy atom. The van der Waals surface area contributed by atoms with Gasteiger partial charge >= 0.3 is 14.2 Å². The van der Waals surface area contributed by atoms with Gasteiger partial charge in [-0.05, 0) is 12.8 Å². The van der Waals surface area contributed by atoms with Crippen molar-refractivity contribution in [1.82, 2.24) is 0 Å². The molecule has 0 aliphatic rings. The van der Waals surface area contributed by atoms with Gasteiger partial charge in [0.05, 0.1) is 0 Å². The van der Waals surface area contributed by atoms with Crippen molar-refractivity contribution >= 4 is 14.2 Å². The Morgan fingerprint density at radius 2 is 1.93 bits per heavy atom. The number of rotatable bonds is 7. The van der Waals surface area contributed by atoms with Crippen molar-refractivity contribution < 1.29 is 23.5 Å². The van der Waals surface area contributed by atoms with E-state index in [0.29, 0.717) is 0 Å². The molecule has 6 heteroatoms. The smallest absolute Gasteiger partial charge is 0.460 e. The SMILES string of the molecule is CCC(=CC(=O)OCCO[P+](=O)O)CC. The van der Waals surface area contributed by atoms with Crippen molar-refractivity contribution in [1.29, 1.82) is 0 Å². The molecule has 1 N–H and O–H groups in total. The Hall–Kier alpha value is -0.770. The first kappa shape index (κ1) is 14.2. The zero-order valence-corrected chi connectivity index (χ0v) is 9.83. The van der Waals surface area contributed by atoms with E-state index in [2.05, 4.69) is 4.52 Å². The minimum absolute atomic E-state index is 0.0162. The molecule has 0 bridgehead atoms. The molecule has 0 aliphatic carbocycles. The van der Waals surface area contributed by atoms with Crippen LogP contribution >= 0.6 is 8.25 Å². The maximum absolute atomic E-state index is 11.1. The van der Waals surface area contributed by atoms with Gasteiger partial charge in [-0.25, -0.2) is 4.79 Å². The van der Waals surface area contributed by atoms with Gasteiger partial charge in [0, 0.05) is 10.6 Å². The lowest BCUT2D eigenvalue weighted by Crippen LogP contribution is -2.07. The van der Waals surface area contributed by atoms with Crippen LogP contribution in [0.2, 0.25) is 0 Å². The second kappa shape index (κ2) is 8.53. The summed E-state index contributed by atoms with van der Waals surface area (Å²) in [5.74, 6) is -0.439. The topological polar surface area (TPSA) is 72.8 Å². The minimum Gasteiger partial charge on any atom is -0.460 e. The Bertz CT molecular complexity index is 243. The highest BCUT2D eigenvalue weighted by Gasteiger charge is 2.11. The molecule has 1 atom stereocenters. The third-order valence-corrected chi connectivity index (χ3v) is 2.16. The Balaban J connectivity index is 3.74. The van der Waals surface area contributed by atoms with Crippen molar-refractivity contribution in [3.63, 3.8) is 0 Å². The first-order valence-electron chi connectivity index (χ1n) is 4.75. The van der Waals surface area contributed by atoms with Crippen LogP contribution in [0.15, 0.2) is 11.6 Å². The highest BCUT2D eigenvalue weighted by Crippen LogP contribution is 2.13. The summed E-state index contributed by atoms with van der Waals surface area (Å²) in [6.07, 6.45) is 3.06. The molecular formula is C9H16O5P+. The molecule has 1 unspecified atom stereocenters. The van der Waals surface area contributed by atoms with Crippen molar-refractivity contribution in [3.8, 4) is 0 Å². The predicted molar refractivity (Wildman–Crippen MR) is 55.4 cm³/mol. The summed E-state index contributed by atoms with van der Waals surface area (Å²) in [6, 6.07) is 0. The summed E-state index contributed by atoms with van der Waals surface area (Å²) in [6.45, 7) is 3.83. The first-order valence-corrected chi connectivity index (χ1v) is 5.88. The van der Waals surface area contributed by atoms with Gasteiger partial charge in [-0.3, -0.25) is 0 Å². The normalized spacial score (nSPS) is 10.7. The number of hydrogen-bond acceptors (Lipinski definition) is 4. The van der Waals surface area contributed by atoms with E-state index in [4.69, 9.17) is 9.63 Å². The second-order valence-corrected chi connectivity index (χ2v) is 3.48. The average Bonchev–Trinajstić information content (AvgIpc) is 2.20. The van der Waals surface area contributed by atoms with Crippen LogP contribution in [0, 0.1) is 0 Å². The van der Waals surface area contributed by atoms with Crippen LogP contribution in [-0.2, 0) is 18.6 Å². The average molecular weight is 235 g/mol. The van der Waals surface area contributed by atoms with Gasteiger partial charge in [-0.2, -0.15) is 0 Å². The molecule has 0 radical (unpaired) electrons. The quantitative estimate of drug-likeness (QED) is 0.316. The number of hydrogen-bond donors (Lipinski definition) is 1. The lowest BCUT2D eigenvalue weighted by molar-refractivity contribution is -0.138. The maximum atomic E-state index is 11.1. The van der Waals surface area contributed by atoms with E-state index in [1.54, 1.807) is 0 Å². The van der Waals surface area contributed by atoms with E-state index in [1.807, 2.05) is 13.8 Å². The van der Waals surface area contributed by atoms with E-state index >= 15 is 0 Å². The van der Waals surface area contributed by atoms with Crippen LogP contribution in [0.3, 0.4) is 0 Å². The molecule has 0 amide bonds. The Kier molecular flexibility index (Phi) is 8.09. The molecule has 15 heavy (non-hydrogen) atoms. The first-order chi connectivity index (χ1) is 7.10. The molecular weight excluding hydrogens is 219 g/mol. The second-order valence-electron chi connectivity index (χ2n) is 2.75. The van der Waals surface area contributed by atoms with Crippen molar-refractivity contribution in [3.05, 3.63) is 11.6 Å². The third-order valence-electron chi connectivity index (χ3n) is 1.76. The third kappa shape index (κ3) is 8.24. The lowest BCUT2D eigenvalue weighted by Gasteiger charge is -2.01. The monoisotopic (exact) mass is 235 g/mol. The molecule has 0 saturated heterocycles. The van der Waals surface area contributed by atoms with E-state index in [-0.39, 0.29) is 13.2 Å². The van der Waals surface area contributed by atoms with Gasteiger partial charge in [0.1, 0.15) is 13.2 Å². The highest BCUT2D eigenvalue weighted by molar-refractivity contribution is 7.32. The van der Waals surface area contributed by atoms with Crippen LogP contribution < -0.4 is 0 Å². The molecule has 0 aromatic carbocycles. The largest absolute Gasteiger partial charge is 0.694 e. The van der Waals surface area contributed by atoms with Gasteiger partial charge in [0.2, 0.25) is 0 Å². The molecule has 0 saturated carbocycles. The molecule has 0 aliphatic heterocycles. The molecule has 0 spiro atoms. The van der Waals surface area contributed by atoms with Gasteiger partial charge < -0.3 is 4.74 Å². The molecule has 0 rings (SSSR count). The van der Waals surface area contributed by atoms with Crippen molar-refractivity contribution in [2.75, 3.05) is 13.2 Å². The zero-order valence-electron chi connectivity index (χ0n) is 8.93. The van der Waals surface area contributed by atoms with Crippen LogP contribution in [0.4, 0.5) is 0 Å². The molecule has 86 valence electrons. The van der Waals surface area contributed by atoms with Gasteiger partial charge in [-0.1, -0.05) is 19.4 Å². The van der Waals surface area contributed by atoms with Crippen molar-refractivity contribution in [2.45, 2.75) is 26.7 Å². The molecule has 0 heterocycles. The van der Waals surface area contributed by atoms with E-state index in [9.17, 15) is 9.36 Å². The fraction of sp³-hybridized carbons (Fsp3) is 0.667. The highest BCUT2D eigenvalue weighted by atomic mass is 31.1. The number of ether oxygens (including phenoxy) is 1. The minimum atomic E-state index is -2.61. The summed E-state index contributed by atoms with van der Waals surface area (Å²) < 4.78 is 19.2. The summed E-state index contributed by atoms with van der Waals surface area (Å²) in [4.78, 5) is 19.4. The fourth-order valence-electron chi connectivity index (χ4n) is 0.920. The molecule has 5 nitrogen and oxygen atoms in total. The molecule has 0 fully saturated rings. The fourth-order valence-corrected chi connectivity index (χ4v) is 1.15. The number of carbonyl (C=O) groups excluding carboxylic acids is 1. The van der Waals surface area contributed by atoms with Gasteiger partial charge in [0.25, 0.3) is 0 Å². The zero-order chi connectivity index (χ0) is 11.7. The summed E-state index contributed by atoms with van der Waals surface area (Å²) in [5.41, 5.74) is 1.01. The Labute approximate surface area is 90.0 Å². The van der Waals surface area contributed by atoms with E-state index in [1.165, 1.54) is 6.08 Å². The molecule has 0 aromatic heterocycles. The van der Waals surface area contributed by atoms with Crippen LogP contribution in [0.25, 0.3) is 0 Å². The number of allylic oxidation sites excluding steroid dienone is 1. The summed E-state index contributed by atoms with van der Waals surface area (Å²) in [5, 5.41) is 0. The van der Waals surface area contributed by atoms with Crippen LogP contribution in [0.5, 0.6) is 0 Å². The van der Waals surface area contributed by atoms with Gasteiger partial charge in [-0.15, -0.1) is 9.42 Å². The standard InChI is InChI=1S/C9H15O5P/c1-3-8(4-2)7-9(10)13-5-6-14-15(11)12/h7H,3-6H2,1-2H3/p+1. The predicted octanol–water partition coefficient (Wildman–Crippen LogP) is 1.94. The van der Waals surface area contributed by atoms with Crippen molar-refractivity contribution in [2.24, 2.45) is 0 Å². The summed E-state index contributed by atoms with van der Waals surface area (Å²) in [7, 11) is -2.61. The number of esters is 1. The van der Waals surface area contributed by atoms with Gasteiger partial charge in [0.15, 0.2) is 0 Å². The molecule has 0 aromatic rings. The van der Waals surface area contributed by atoms with Crippen LogP contribution in [0.1, 0.15) is 26.7 Å². The van der Waals surface area contributed by atoms with E-state index in [0.717, 1.165) is 18.4 Å². The maximum Gasteiger partial charge on any atom is 0.694 e. The van der Waals surface area contributed by atoms with E-state index < -0.39 is 14.2 Å². The summed E-state index contributed by atoms with van der Waals surface area (Å²) >= 11 is 0. The lowest BCUT2D eigenvalue weighted by atomic mass is 10.1. The Morgan fingerprint density at radius 1 is 1.33 bits per heavy atom.